The van der Waals surface area contributed by atoms with Gasteiger partial charge in [-0.2, -0.15) is 0 Å². The second-order valence-electron chi connectivity index (χ2n) is 6.73. The molecule has 0 atom stereocenters. The van der Waals surface area contributed by atoms with Crippen LogP contribution in [-0.2, 0) is 14.1 Å². The number of rotatable bonds is 3. The van der Waals surface area contributed by atoms with Gasteiger partial charge in [0, 0.05) is 65.5 Å². The van der Waals surface area contributed by atoms with Crippen molar-refractivity contribution in [1.29, 1.82) is 0 Å². The molecule has 0 fully saturated rings. The molecule has 0 aliphatic heterocycles. The van der Waals surface area contributed by atoms with E-state index >= 15 is 0 Å². The lowest BCUT2D eigenvalue weighted by Crippen LogP contribution is -1.85. The molecule has 0 unspecified atom stereocenters. The molecule has 5 nitrogen and oxygen atoms in total. The number of fused-ring (bicyclic) bond motifs is 2. The molecule has 5 rings (SSSR count). The fourth-order valence-corrected chi connectivity index (χ4v) is 4.84. The lowest BCUT2D eigenvalue weighted by Gasteiger charge is -2.01. The highest BCUT2D eigenvalue weighted by Gasteiger charge is 2.17. The van der Waals surface area contributed by atoms with E-state index in [0.29, 0.717) is 5.15 Å². The first kappa shape index (κ1) is 17.3. The third-order valence-electron chi connectivity index (χ3n) is 5.05. The minimum atomic E-state index is 0.503. The third kappa shape index (κ3) is 2.52. The van der Waals surface area contributed by atoms with Gasteiger partial charge in [0.1, 0.15) is 10.8 Å². The molecule has 7 heteroatoms. The Morgan fingerprint density at radius 2 is 1.86 bits per heavy atom. The summed E-state index contributed by atoms with van der Waals surface area (Å²) in [5.74, 6) is 0.841. The van der Waals surface area contributed by atoms with Gasteiger partial charge in [-0.1, -0.05) is 11.6 Å². The van der Waals surface area contributed by atoms with Crippen molar-refractivity contribution in [3.05, 3.63) is 53.4 Å². The van der Waals surface area contributed by atoms with Gasteiger partial charge in [0.15, 0.2) is 5.15 Å². The standard InChI is InChI=1S/C21H17ClN4OS/c1-25-10-16(14-8-12(27-3)4-5-18(14)25)21-24-17(11-28-21)15-9-26(2)19-13(15)6-7-23-20(19)22/h4-11H,1-3H3. The topological polar surface area (TPSA) is 44.9 Å². The molecule has 28 heavy (non-hydrogen) atoms. The van der Waals surface area contributed by atoms with Crippen LogP contribution in [0.25, 0.3) is 43.6 Å². The lowest BCUT2D eigenvalue weighted by atomic mass is 10.1. The molecule has 0 saturated carbocycles. The van der Waals surface area contributed by atoms with Crippen molar-refractivity contribution in [2.75, 3.05) is 7.11 Å². The van der Waals surface area contributed by atoms with Crippen LogP contribution in [0.3, 0.4) is 0 Å². The summed E-state index contributed by atoms with van der Waals surface area (Å²) in [5, 5.41) is 5.76. The minimum Gasteiger partial charge on any atom is -0.497 e. The van der Waals surface area contributed by atoms with Gasteiger partial charge in [0.25, 0.3) is 0 Å². The molecule has 0 saturated heterocycles. The highest BCUT2D eigenvalue weighted by atomic mass is 35.5. The van der Waals surface area contributed by atoms with E-state index in [-0.39, 0.29) is 0 Å². The first-order chi connectivity index (χ1) is 13.6. The van der Waals surface area contributed by atoms with E-state index in [9.17, 15) is 0 Å². The van der Waals surface area contributed by atoms with Gasteiger partial charge in [-0.05, 0) is 24.3 Å². The monoisotopic (exact) mass is 408 g/mol. The van der Waals surface area contributed by atoms with Gasteiger partial charge in [-0.3, -0.25) is 0 Å². The molecule has 0 aliphatic carbocycles. The Hall–Kier alpha value is -2.83. The van der Waals surface area contributed by atoms with Gasteiger partial charge in [0.05, 0.1) is 18.3 Å². The molecule has 0 N–H and O–H groups in total. The Labute approximate surface area is 170 Å². The average Bonchev–Trinajstić information content (AvgIpc) is 3.38. The zero-order valence-electron chi connectivity index (χ0n) is 15.6. The van der Waals surface area contributed by atoms with Crippen molar-refractivity contribution in [3.8, 4) is 27.6 Å². The highest BCUT2D eigenvalue weighted by Crippen LogP contribution is 2.38. The molecule has 4 aromatic heterocycles. The van der Waals surface area contributed by atoms with Crippen molar-refractivity contribution in [3.63, 3.8) is 0 Å². The third-order valence-corrected chi connectivity index (χ3v) is 6.20. The molecule has 0 bridgehead atoms. The number of benzene rings is 1. The smallest absolute Gasteiger partial charge is 0.153 e. The maximum absolute atomic E-state index is 6.30. The molecule has 0 amide bonds. The second kappa shape index (κ2) is 6.36. The molecule has 1 aromatic carbocycles. The number of ether oxygens (including phenoxy) is 1. The molecule has 140 valence electrons. The number of methoxy groups -OCH3 is 1. The van der Waals surface area contributed by atoms with Crippen LogP contribution in [-0.4, -0.2) is 26.2 Å². The second-order valence-corrected chi connectivity index (χ2v) is 7.94. The lowest BCUT2D eigenvalue weighted by molar-refractivity contribution is 0.415. The number of thiazole rings is 1. The number of hydrogen-bond acceptors (Lipinski definition) is 4. The zero-order chi connectivity index (χ0) is 19.4. The van der Waals surface area contributed by atoms with Crippen LogP contribution in [0, 0.1) is 0 Å². The van der Waals surface area contributed by atoms with Crippen LogP contribution in [0.15, 0.2) is 48.2 Å². The van der Waals surface area contributed by atoms with Gasteiger partial charge in [-0.25, -0.2) is 9.97 Å². The first-order valence-corrected chi connectivity index (χ1v) is 10.0. The summed E-state index contributed by atoms with van der Waals surface area (Å²) < 4.78 is 9.53. The van der Waals surface area contributed by atoms with E-state index in [1.807, 2.05) is 30.8 Å². The van der Waals surface area contributed by atoms with E-state index in [1.165, 1.54) is 0 Å². The maximum atomic E-state index is 6.30. The van der Waals surface area contributed by atoms with Crippen molar-refractivity contribution in [2.24, 2.45) is 14.1 Å². The first-order valence-electron chi connectivity index (χ1n) is 8.75. The fraction of sp³-hybridized carbons (Fsp3) is 0.143. The van der Waals surface area contributed by atoms with Gasteiger partial charge < -0.3 is 13.9 Å². The largest absolute Gasteiger partial charge is 0.497 e. The van der Waals surface area contributed by atoms with Crippen molar-refractivity contribution < 1.29 is 4.74 Å². The Bertz CT molecular complexity index is 1350. The Morgan fingerprint density at radius 3 is 2.68 bits per heavy atom. The normalized spacial score (nSPS) is 11.6. The Morgan fingerprint density at radius 1 is 1.04 bits per heavy atom. The molecule has 0 radical (unpaired) electrons. The van der Waals surface area contributed by atoms with E-state index in [1.54, 1.807) is 24.6 Å². The zero-order valence-corrected chi connectivity index (χ0v) is 17.2. The van der Waals surface area contributed by atoms with Gasteiger partial charge >= 0.3 is 0 Å². The summed E-state index contributed by atoms with van der Waals surface area (Å²) in [4.78, 5) is 9.14. The summed E-state index contributed by atoms with van der Waals surface area (Å²) in [5.41, 5.74) is 5.17. The SMILES string of the molecule is COc1ccc2c(c1)c(-c1nc(-c3cn(C)c4c(Cl)nccc34)cs1)cn2C. The Balaban J connectivity index is 1.67. The number of pyridine rings is 1. The number of nitrogens with zero attached hydrogens (tertiary/aromatic N) is 4. The van der Waals surface area contributed by atoms with Crippen molar-refractivity contribution in [2.45, 2.75) is 0 Å². The Kier molecular flexibility index (Phi) is 3.92. The van der Waals surface area contributed by atoms with Crippen LogP contribution in [0.5, 0.6) is 5.75 Å². The summed E-state index contributed by atoms with van der Waals surface area (Å²) in [6, 6.07) is 8.10. The van der Waals surface area contributed by atoms with Crippen LogP contribution >= 0.6 is 22.9 Å². The van der Waals surface area contributed by atoms with E-state index in [0.717, 1.165) is 49.4 Å². The average molecular weight is 409 g/mol. The summed E-state index contributed by atoms with van der Waals surface area (Å²) in [6.45, 7) is 0. The van der Waals surface area contributed by atoms with Crippen LogP contribution < -0.4 is 4.74 Å². The summed E-state index contributed by atoms with van der Waals surface area (Å²) >= 11 is 7.93. The van der Waals surface area contributed by atoms with E-state index in [4.69, 9.17) is 21.3 Å². The van der Waals surface area contributed by atoms with Crippen LogP contribution in [0.1, 0.15) is 0 Å². The molecule has 5 aromatic rings. The summed E-state index contributed by atoms with van der Waals surface area (Å²) in [7, 11) is 5.71. The highest BCUT2D eigenvalue weighted by molar-refractivity contribution is 7.13. The van der Waals surface area contributed by atoms with Crippen molar-refractivity contribution >= 4 is 44.7 Å². The van der Waals surface area contributed by atoms with Gasteiger partial charge in [-0.15, -0.1) is 11.3 Å². The van der Waals surface area contributed by atoms with Crippen LogP contribution in [0.2, 0.25) is 5.15 Å². The maximum Gasteiger partial charge on any atom is 0.153 e. The minimum absolute atomic E-state index is 0.503. The number of halogens is 1. The fourth-order valence-electron chi connectivity index (χ4n) is 3.70. The quantitative estimate of drug-likeness (QED) is 0.369. The van der Waals surface area contributed by atoms with Gasteiger partial charge in [0.2, 0.25) is 0 Å². The predicted octanol–water partition coefficient (Wildman–Crippen LogP) is 5.52. The van der Waals surface area contributed by atoms with E-state index < -0.39 is 0 Å². The molecular formula is C21H17ClN4OS. The van der Waals surface area contributed by atoms with Crippen LogP contribution in [0.4, 0.5) is 0 Å². The summed E-state index contributed by atoms with van der Waals surface area (Å²) in [6.07, 6.45) is 5.91. The van der Waals surface area contributed by atoms with E-state index in [2.05, 4.69) is 39.5 Å². The molecular weight excluding hydrogens is 392 g/mol. The number of aryl methyl sites for hydroxylation is 2. The molecule has 4 heterocycles. The number of hydrogen-bond donors (Lipinski definition) is 0. The number of aromatic nitrogens is 4. The molecule has 0 aliphatic rings. The van der Waals surface area contributed by atoms with Crippen molar-refractivity contribution in [1.82, 2.24) is 19.1 Å². The predicted molar refractivity (Wildman–Crippen MR) is 115 cm³/mol. The molecule has 0 spiro atoms.